The van der Waals surface area contributed by atoms with Gasteiger partial charge < -0.3 is 9.16 Å². The molecule has 0 aliphatic rings. The summed E-state index contributed by atoms with van der Waals surface area (Å²) in [7, 11) is -1.67. The molecule has 0 bridgehead atoms. The van der Waals surface area contributed by atoms with Crippen LogP contribution in [0.3, 0.4) is 0 Å². The molecule has 2 nitrogen and oxygen atoms in total. The SMILES string of the molecule is Cc1cc(Cl)c(OCCCO[Si](C)(C)C(C)(C)C)c(Cl)c1. The summed E-state index contributed by atoms with van der Waals surface area (Å²) in [6, 6.07) is 3.71. The Kier molecular flexibility index (Phi) is 6.60. The lowest BCUT2D eigenvalue weighted by Gasteiger charge is -2.36. The highest BCUT2D eigenvalue weighted by Crippen LogP contribution is 2.37. The molecular formula is C16H26Cl2O2Si. The van der Waals surface area contributed by atoms with Crippen LogP contribution in [0.15, 0.2) is 12.1 Å². The van der Waals surface area contributed by atoms with Crippen molar-refractivity contribution in [2.24, 2.45) is 0 Å². The van der Waals surface area contributed by atoms with E-state index in [4.69, 9.17) is 32.4 Å². The lowest BCUT2D eigenvalue weighted by molar-refractivity contribution is 0.234. The molecule has 1 aromatic rings. The Morgan fingerprint density at radius 3 is 2.05 bits per heavy atom. The van der Waals surface area contributed by atoms with Gasteiger partial charge in [-0.3, -0.25) is 0 Å². The highest BCUT2D eigenvalue weighted by molar-refractivity contribution is 6.74. The predicted octanol–water partition coefficient (Wildman–Crippen LogP) is 6.09. The maximum absolute atomic E-state index is 6.15. The Balaban J connectivity index is 2.43. The molecule has 1 rings (SSSR count). The number of aryl methyl sites for hydroxylation is 1. The van der Waals surface area contributed by atoms with Gasteiger partial charge in [0.15, 0.2) is 14.1 Å². The Labute approximate surface area is 139 Å². The first-order chi connectivity index (χ1) is 9.54. The zero-order valence-electron chi connectivity index (χ0n) is 13.8. The fourth-order valence-electron chi connectivity index (χ4n) is 1.60. The molecule has 0 spiro atoms. The van der Waals surface area contributed by atoms with Gasteiger partial charge in [-0.05, 0) is 42.8 Å². The lowest BCUT2D eigenvalue weighted by atomic mass is 10.2. The minimum absolute atomic E-state index is 0.234. The zero-order chi connectivity index (χ0) is 16.3. The van der Waals surface area contributed by atoms with E-state index < -0.39 is 8.32 Å². The third kappa shape index (κ3) is 5.48. The van der Waals surface area contributed by atoms with Crippen LogP contribution in [0.4, 0.5) is 0 Å². The highest BCUT2D eigenvalue weighted by atomic mass is 35.5. The van der Waals surface area contributed by atoms with Gasteiger partial charge in [0.1, 0.15) is 0 Å². The van der Waals surface area contributed by atoms with E-state index >= 15 is 0 Å². The quantitative estimate of drug-likeness (QED) is 0.457. The number of ether oxygens (including phenoxy) is 1. The average Bonchev–Trinajstić information content (AvgIpc) is 2.29. The molecular weight excluding hydrogens is 323 g/mol. The first-order valence-corrected chi connectivity index (χ1v) is 10.9. The Morgan fingerprint density at radius 2 is 1.57 bits per heavy atom. The van der Waals surface area contributed by atoms with Crippen LogP contribution < -0.4 is 4.74 Å². The zero-order valence-corrected chi connectivity index (χ0v) is 16.4. The first-order valence-electron chi connectivity index (χ1n) is 7.27. The van der Waals surface area contributed by atoms with Crippen molar-refractivity contribution in [3.05, 3.63) is 27.7 Å². The molecule has 0 unspecified atom stereocenters. The van der Waals surface area contributed by atoms with Crippen molar-refractivity contribution in [3.8, 4) is 5.75 Å². The fourth-order valence-corrected chi connectivity index (χ4v) is 3.39. The molecule has 120 valence electrons. The minimum Gasteiger partial charge on any atom is -0.490 e. The van der Waals surface area contributed by atoms with Crippen molar-refractivity contribution < 1.29 is 9.16 Å². The van der Waals surface area contributed by atoms with E-state index in [-0.39, 0.29) is 5.04 Å². The summed E-state index contributed by atoms with van der Waals surface area (Å²) in [5.74, 6) is 0.566. The van der Waals surface area contributed by atoms with Crippen molar-refractivity contribution in [1.29, 1.82) is 0 Å². The van der Waals surface area contributed by atoms with Crippen molar-refractivity contribution in [2.45, 2.75) is 52.2 Å². The normalized spacial score (nSPS) is 12.6. The molecule has 0 saturated carbocycles. The van der Waals surface area contributed by atoms with Gasteiger partial charge in [-0.2, -0.15) is 0 Å². The smallest absolute Gasteiger partial charge is 0.191 e. The molecule has 0 aromatic heterocycles. The maximum Gasteiger partial charge on any atom is 0.191 e. The van der Waals surface area contributed by atoms with Crippen LogP contribution in [0.5, 0.6) is 5.75 Å². The van der Waals surface area contributed by atoms with Crippen molar-refractivity contribution >= 4 is 31.5 Å². The topological polar surface area (TPSA) is 18.5 Å². The van der Waals surface area contributed by atoms with Crippen LogP contribution in [0.1, 0.15) is 32.8 Å². The highest BCUT2D eigenvalue weighted by Gasteiger charge is 2.36. The number of rotatable bonds is 6. The summed E-state index contributed by atoms with van der Waals surface area (Å²) in [5.41, 5.74) is 1.03. The largest absolute Gasteiger partial charge is 0.490 e. The molecule has 5 heteroatoms. The third-order valence-corrected chi connectivity index (χ3v) is 9.05. The molecule has 0 N–H and O–H groups in total. The summed E-state index contributed by atoms with van der Waals surface area (Å²) in [6.45, 7) is 14.4. The Hall–Kier alpha value is -0.223. The van der Waals surface area contributed by atoms with E-state index in [2.05, 4.69) is 33.9 Å². The molecule has 0 atom stereocenters. The molecule has 0 amide bonds. The summed E-state index contributed by atoms with van der Waals surface area (Å²) in [4.78, 5) is 0. The molecule has 1 aromatic carbocycles. The van der Waals surface area contributed by atoms with Gasteiger partial charge in [0.25, 0.3) is 0 Å². The fraction of sp³-hybridized carbons (Fsp3) is 0.625. The van der Waals surface area contributed by atoms with Crippen LogP contribution in [0.2, 0.25) is 28.2 Å². The first kappa shape index (κ1) is 18.8. The van der Waals surface area contributed by atoms with Crippen LogP contribution in [-0.2, 0) is 4.43 Å². The van der Waals surface area contributed by atoms with Gasteiger partial charge in [-0.25, -0.2) is 0 Å². The molecule has 0 saturated heterocycles. The molecule has 21 heavy (non-hydrogen) atoms. The standard InChI is InChI=1S/C16H26Cl2O2Si/c1-12-10-13(17)15(14(18)11-12)19-8-7-9-20-21(5,6)16(2,3)4/h10-11H,7-9H2,1-6H3. The van der Waals surface area contributed by atoms with Crippen molar-refractivity contribution in [3.63, 3.8) is 0 Å². The summed E-state index contributed by atoms with van der Waals surface area (Å²) in [6.07, 6.45) is 0.826. The van der Waals surface area contributed by atoms with E-state index in [0.717, 1.165) is 12.0 Å². The summed E-state index contributed by atoms with van der Waals surface area (Å²) < 4.78 is 11.8. The van der Waals surface area contributed by atoms with Crippen LogP contribution in [-0.4, -0.2) is 21.5 Å². The Morgan fingerprint density at radius 1 is 1.05 bits per heavy atom. The second-order valence-electron chi connectivity index (χ2n) is 6.87. The van der Waals surface area contributed by atoms with Gasteiger partial charge in [-0.1, -0.05) is 44.0 Å². The number of benzene rings is 1. The van der Waals surface area contributed by atoms with Crippen LogP contribution in [0.25, 0.3) is 0 Å². The van der Waals surface area contributed by atoms with Gasteiger partial charge in [0, 0.05) is 13.0 Å². The molecule has 0 heterocycles. The van der Waals surface area contributed by atoms with Gasteiger partial charge in [-0.15, -0.1) is 0 Å². The Bertz CT molecular complexity index is 459. The predicted molar refractivity (Wildman–Crippen MR) is 94.5 cm³/mol. The van der Waals surface area contributed by atoms with Crippen molar-refractivity contribution in [2.75, 3.05) is 13.2 Å². The summed E-state index contributed by atoms with van der Waals surface area (Å²) in [5, 5.41) is 1.35. The number of halogens is 2. The average molecular weight is 349 g/mol. The van der Waals surface area contributed by atoms with Gasteiger partial charge in [0.2, 0.25) is 0 Å². The van der Waals surface area contributed by atoms with E-state index in [1.54, 1.807) is 0 Å². The number of hydrogen-bond donors (Lipinski definition) is 0. The molecule has 0 radical (unpaired) electrons. The van der Waals surface area contributed by atoms with E-state index in [1.165, 1.54) is 0 Å². The van der Waals surface area contributed by atoms with E-state index in [0.29, 0.717) is 29.0 Å². The van der Waals surface area contributed by atoms with E-state index in [1.807, 2.05) is 19.1 Å². The monoisotopic (exact) mass is 348 g/mol. The molecule has 0 fully saturated rings. The molecule has 0 aliphatic heterocycles. The van der Waals surface area contributed by atoms with E-state index in [9.17, 15) is 0 Å². The van der Waals surface area contributed by atoms with Crippen molar-refractivity contribution in [1.82, 2.24) is 0 Å². The third-order valence-electron chi connectivity index (χ3n) is 3.95. The second kappa shape index (κ2) is 7.36. The van der Waals surface area contributed by atoms with Gasteiger partial charge >= 0.3 is 0 Å². The second-order valence-corrected chi connectivity index (χ2v) is 12.5. The van der Waals surface area contributed by atoms with Crippen LogP contribution >= 0.6 is 23.2 Å². The lowest BCUT2D eigenvalue weighted by Crippen LogP contribution is -2.41. The maximum atomic E-state index is 6.15. The minimum atomic E-state index is -1.67. The number of hydrogen-bond acceptors (Lipinski definition) is 2. The summed E-state index contributed by atoms with van der Waals surface area (Å²) >= 11 is 12.3. The molecule has 0 aliphatic carbocycles. The van der Waals surface area contributed by atoms with Gasteiger partial charge in [0.05, 0.1) is 16.7 Å². The van der Waals surface area contributed by atoms with Crippen LogP contribution in [0, 0.1) is 6.92 Å².